The maximum Gasteiger partial charge on any atom is 0.243 e. The summed E-state index contributed by atoms with van der Waals surface area (Å²) in [6, 6.07) is 4.82. The van der Waals surface area contributed by atoms with Crippen molar-refractivity contribution in [3.05, 3.63) is 23.8 Å². The summed E-state index contributed by atoms with van der Waals surface area (Å²) in [4.78, 5) is 12.6. The average Bonchev–Trinajstić information content (AvgIpc) is 2.65. The van der Waals surface area contributed by atoms with E-state index in [1.165, 1.54) is 4.31 Å². The summed E-state index contributed by atoms with van der Waals surface area (Å²) < 4.78 is 37.4. The van der Waals surface area contributed by atoms with Crippen molar-refractivity contribution in [2.24, 2.45) is 5.92 Å². The summed E-state index contributed by atoms with van der Waals surface area (Å²) in [6.45, 7) is 3.57. The lowest BCUT2D eigenvalue weighted by Crippen LogP contribution is -2.45. The van der Waals surface area contributed by atoms with Crippen molar-refractivity contribution in [2.45, 2.75) is 31.1 Å². The molecule has 1 aliphatic rings. The highest BCUT2D eigenvalue weighted by molar-refractivity contribution is 7.89. The standard InChI is InChI=1S/C18H28N2O5S/c1-14-12-16(7-8-17(14)25-3)26(22,23)20-10-4-6-15(13-20)18(21)19-9-5-11-24-2/h7-8,12,15H,4-6,9-11,13H2,1-3H3,(H,19,21). The van der Waals surface area contributed by atoms with Gasteiger partial charge < -0.3 is 14.8 Å². The lowest BCUT2D eigenvalue weighted by molar-refractivity contribution is -0.126. The topological polar surface area (TPSA) is 84.9 Å². The van der Waals surface area contributed by atoms with Crippen LogP contribution in [0.2, 0.25) is 0 Å². The third kappa shape index (κ3) is 4.96. The Balaban J connectivity index is 2.05. The number of ether oxygens (including phenoxy) is 2. The molecule has 0 spiro atoms. The van der Waals surface area contributed by atoms with E-state index in [0.29, 0.717) is 38.3 Å². The third-order valence-corrected chi connectivity index (χ3v) is 6.44. The van der Waals surface area contributed by atoms with E-state index in [4.69, 9.17) is 9.47 Å². The van der Waals surface area contributed by atoms with Gasteiger partial charge in [-0.05, 0) is 49.9 Å². The molecule has 26 heavy (non-hydrogen) atoms. The van der Waals surface area contributed by atoms with Crippen molar-refractivity contribution in [3.8, 4) is 5.75 Å². The zero-order valence-electron chi connectivity index (χ0n) is 15.7. The number of piperidine rings is 1. The van der Waals surface area contributed by atoms with Crippen molar-refractivity contribution in [2.75, 3.05) is 40.5 Å². The van der Waals surface area contributed by atoms with Crippen LogP contribution in [0.15, 0.2) is 23.1 Å². The Morgan fingerprint density at radius 3 is 2.77 bits per heavy atom. The minimum atomic E-state index is -3.63. The molecule has 1 unspecified atom stereocenters. The van der Waals surface area contributed by atoms with E-state index in [1.54, 1.807) is 32.4 Å². The number of nitrogens with one attached hydrogen (secondary N) is 1. The molecule has 2 rings (SSSR count). The first-order valence-corrected chi connectivity index (χ1v) is 10.3. The Bertz CT molecular complexity index is 720. The van der Waals surface area contributed by atoms with E-state index in [0.717, 1.165) is 12.0 Å². The lowest BCUT2D eigenvalue weighted by atomic mass is 9.99. The van der Waals surface area contributed by atoms with Gasteiger partial charge in [-0.25, -0.2) is 8.42 Å². The summed E-state index contributed by atoms with van der Waals surface area (Å²) in [5, 5.41) is 2.87. The molecule has 1 amide bonds. The number of carbonyl (C=O) groups excluding carboxylic acids is 1. The van der Waals surface area contributed by atoms with Crippen LogP contribution < -0.4 is 10.1 Å². The fourth-order valence-electron chi connectivity index (χ4n) is 3.11. The summed E-state index contributed by atoms with van der Waals surface area (Å²) in [6.07, 6.45) is 2.11. The highest BCUT2D eigenvalue weighted by Gasteiger charge is 2.33. The fraction of sp³-hybridized carbons (Fsp3) is 0.611. The number of carbonyl (C=O) groups is 1. The largest absolute Gasteiger partial charge is 0.496 e. The van der Waals surface area contributed by atoms with Gasteiger partial charge in [0, 0.05) is 33.4 Å². The maximum atomic E-state index is 12.9. The first kappa shape index (κ1) is 20.7. The number of hydrogen-bond donors (Lipinski definition) is 1. The van der Waals surface area contributed by atoms with E-state index in [2.05, 4.69) is 5.32 Å². The van der Waals surface area contributed by atoms with E-state index < -0.39 is 10.0 Å². The lowest BCUT2D eigenvalue weighted by Gasteiger charge is -2.31. The normalized spacial score (nSPS) is 18.5. The second-order valence-electron chi connectivity index (χ2n) is 6.47. The predicted octanol–water partition coefficient (Wildman–Crippen LogP) is 1.56. The van der Waals surface area contributed by atoms with Crippen molar-refractivity contribution >= 4 is 15.9 Å². The minimum absolute atomic E-state index is 0.0908. The van der Waals surface area contributed by atoms with E-state index in [-0.39, 0.29) is 23.3 Å². The Labute approximate surface area is 155 Å². The molecule has 0 aliphatic carbocycles. The molecular formula is C18H28N2O5S. The van der Waals surface area contributed by atoms with Crippen molar-refractivity contribution in [1.29, 1.82) is 0 Å². The van der Waals surface area contributed by atoms with Crippen LogP contribution in [0.25, 0.3) is 0 Å². The van der Waals surface area contributed by atoms with Crippen LogP contribution in [0.4, 0.5) is 0 Å². The van der Waals surface area contributed by atoms with Crippen LogP contribution in [0, 0.1) is 12.8 Å². The number of methoxy groups -OCH3 is 2. The second kappa shape index (κ2) is 9.34. The maximum absolute atomic E-state index is 12.9. The number of rotatable bonds is 8. The minimum Gasteiger partial charge on any atom is -0.496 e. The van der Waals surface area contributed by atoms with Gasteiger partial charge in [-0.3, -0.25) is 4.79 Å². The zero-order chi connectivity index (χ0) is 19.2. The molecule has 1 fully saturated rings. The SMILES string of the molecule is COCCCNC(=O)C1CCCN(S(=O)(=O)c2ccc(OC)c(C)c2)C1. The summed E-state index contributed by atoms with van der Waals surface area (Å²) in [5.41, 5.74) is 0.762. The first-order valence-electron chi connectivity index (χ1n) is 8.81. The van der Waals surface area contributed by atoms with Crippen LogP contribution in [0.5, 0.6) is 5.75 Å². The monoisotopic (exact) mass is 384 g/mol. The molecule has 0 aromatic heterocycles. The molecule has 7 nitrogen and oxygen atoms in total. The summed E-state index contributed by atoms with van der Waals surface area (Å²) >= 11 is 0. The number of hydrogen-bond acceptors (Lipinski definition) is 5. The highest BCUT2D eigenvalue weighted by atomic mass is 32.2. The molecule has 1 saturated heterocycles. The quantitative estimate of drug-likeness (QED) is 0.688. The predicted molar refractivity (Wildman–Crippen MR) is 98.7 cm³/mol. The van der Waals surface area contributed by atoms with Crippen LogP contribution in [0.1, 0.15) is 24.8 Å². The van der Waals surface area contributed by atoms with Gasteiger partial charge in [0.25, 0.3) is 0 Å². The van der Waals surface area contributed by atoms with Crippen LogP contribution >= 0.6 is 0 Å². The van der Waals surface area contributed by atoms with Crippen LogP contribution in [-0.2, 0) is 19.6 Å². The van der Waals surface area contributed by atoms with Crippen molar-refractivity contribution in [3.63, 3.8) is 0 Å². The van der Waals surface area contributed by atoms with Gasteiger partial charge in [0.15, 0.2) is 0 Å². The molecule has 1 heterocycles. The molecule has 1 atom stereocenters. The Hall–Kier alpha value is -1.64. The van der Waals surface area contributed by atoms with Crippen molar-refractivity contribution < 1.29 is 22.7 Å². The Morgan fingerprint density at radius 2 is 2.12 bits per heavy atom. The third-order valence-electron chi connectivity index (χ3n) is 4.58. The summed E-state index contributed by atoms with van der Waals surface area (Å²) in [7, 11) is -0.457. The van der Waals surface area contributed by atoms with Gasteiger partial charge in [-0.15, -0.1) is 0 Å². The molecule has 0 bridgehead atoms. The van der Waals surface area contributed by atoms with E-state index in [9.17, 15) is 13.2 Å². The van der Waals surface area contributed by atoms with Gasteiger partial charge >= 0.3 is 0 Å². The Kier molecular flexibility index (Phi) is 7.43. The van der Waals surface area contributed by atoms with Gasteiger partial charge in [0.1, 0.15) is 5.75 Å². The number of sulfonamides is 1. The molecule has 0 saturated carbocycles. The smallest absolute Gasteiger partial charge is 0.243 e. The molecule has 0 radical (unpaired) electrons. The zero-order valence-corrected chi connectivity index (χ0v) is 16.5. The van der Waals surface area contributed by atoms with Crippen LogP contribution in [0.3, 0.4) is 0 Å². The molecule has 1 aliphatic heterocycles. The first-order chi connectivity index (χ1) is 12.4. The second-order valence-corrected chi connectivity index (χ2v) is 8.41. The molecule has 1 aromatic carbocycles. The van der Waals surface area contributed by atoms with E-state index >= 15 is 0 Å². The molecule has 146 valence electrons. The van der Waals surface area contributed by atoms with Crippen LogP contribution in [-0.4, -0.2) is 59.1 Å². The molecule has 8 heteroatoms. The van der Waals surface area contributed by atoms with Gasteiger partial charge in [-0.2, -0.15) is 4.31 Å². The fourth-order valence-corrected chi connectivity index (χ4v) is 4.72. The van der Waals surface area contributed by atoms with Gasteiger partial charge in [-0.1, -0.05) is 0 Å². The van der Waals surface area contributed by atoms with Crippen molar-refractivity contribution in [1.82, 2.24) is 9.62 Å². The summed E-state index contributed by atoms with van der Waals surface area (Å²) in [5.74, 6) is 0.239. The number of nitrogens with zero attached hydrogens (tertiary/aromatic N) is 1. The van der Waals surface area contributed by atoms with Gasteiger partial charge in [0.2, 0.25) is 15.9 Å². The number of amides is 1. The molecular weight excluding hydrogens is 356 g/mol. The number of benzene rings is 1. The number of aryl methyl sites for hydroxylation is 1. The van der Waals surface area contributed by atoms with Gasteiger partial charge in [0.05, 0.1) is 17.9 Å². The molecule has 1 N–H and O–H groups in total. The Morgan fingerprint density at radius 1 is 1.35 bits per heavy atom. The average molecular weight is 384 g/mol. The highest BCUT2D eigenvalue weighted by Crippen LogP contribution is 2.27. The molecule has 1 aromatic rings. The van der Waals surface area contributed by atoms with E-state index in [1.807, 2.05) is 6.92 Å².